The molecule has 5 rings (SSSR count). The van der Waals surface area contributed by atoms with Crippen LogP contribution in [0.15, 0.2) is 48.5 Å². The predicted octanol–water partition coefficient (Wildman–Crippen LogP) is 3.62. The van der Waals surface area contributed by atoms with E-state index in [9.17, 15) is 14.4 Å². The number of para-hydroxylation sites is 2. The number of carbonyl (C=O) groups is 3. The molecule has 1 unspecified atom stereocenters. The fourth-order valence-electron chi connectivity index (χ4n) is 4.36. The number of nitrogens with zero attached hydrogens (tertiary/aromatic N) is 3. The fraction of sp³-hybridized carbons (Fsp3) is 0.273. The van der Waals surface area contributed by atoms with Gasteiger partial charge in [-0.05, 0) is 37.6 Å². The third-order valence-corrected chi connectivity index (χ3v) is 6.80. The molecule has 1 saturated heterocycles. The highest BCUT2D eigenvalue weighted by Crippen LogP contribution is 2.44. The van der Waals surface area contributed by atoms with Crippen molar-refractivity contribution < 1.29 is 14.4 Å². The van der Waals surface area contributed by atoms with E-state index >= 15 is 0 Å². The molecule has 0 bridgehead atoms. The molecule has 7 nitrogen and oxygen atoms in total. The molecular weight excluding hydrogens is 400 g/mol. The summed E-state index contributed by atoms with van der Waals surface area (Å²) < 4.78 is 1.00. The molecule has 0 aliphatic carbocycles. The number of rotatable bonds is 4. The first-order chi connectivity index (χ1) is 14.5. The molecule has 1 atom stereocenters. The largest absolute Gasteiger partial charge is 0.315 e. The van der Waals surface area contributed by atoms with Gasteiger partial charge in [0.2, 0.25) is 11.8 Å². The molecule has 1 N–H and O–H groups in total. The summed E-state index contributed by atoms with van der Waals surface area (Å²) in [6, 6.07) is 14.9. The lowest BCUT2D eigenvalue weighted by Crippen LogP contribution is -2.62. The van der Waals surface area contributed by atoms with Crippen LogP contribution in [0.4, 0.5) is 10.8 Å². The summed E-state index contributed by atoms with van der Waals surface area (Å²) in [5, 5.41) is 3.38. The summed E-state index contributed by atoms with van der Waals surface area (Å²) in [5.41, 5.74) is 1.24. The quantitative estimate of drug-likeness (QED) is 0.699. The Morgan fingerprint density at radius 3 is 2.77 bits per heavy atom. The van der Waals surface area contributed by atoms with Gasteiger partial charge in [0.15, 0.2) is 5.13 Å². The lowest BCUT2D eigenvalue weighted by atomic mass is 9.98. The zero-order valence-electron chi connectivity index (χ0n) is 16.4. The van der Waals surface area contributed by atoms with Gasteiger partial charge in [-0.25, -0.2) is 4.98 Å². The molecule has 2 aromatic carbocycles. The van der Waals surface area contributed by atoms with Gasteiger partial charge in [0.25, 0.3) is 5.91 Å². The van der Waals surface area contributed by atoms with Gasteiger partial charge in [-0.3, -0.25) is 19.3 Å². The van der Waals surface area contributed by atoms with Gasteiger partial charge in [-0.2, -0.15) is 0 Å². The van der Waals surface area contributed by atoms with Gasteiger partial charge < -0.3 is 10.2 Å². The Hall–Kier alpha value is -3.26. The van der Waals surface area contributed by atoms with Gasteiger partial charge in [-0.1, -0.05) is 35.6 Å². The van der Waals surface area contributed by atoms with Crippen LogP contribution in [0.25, 0.3) is 10.2 Å². The number of carbonyl (C=O) groups excluding carboxylic acids is 3. The Bertz CT molecular complexity index is 1160. The second kappa shape index (κ2) is 6.91. The highest BCUT2D eigenvalue weighted by atomic mass is 32.1. The van der Waals surface area contributed by atoms with Crippen LogP contribution in [0.2, 0.25) is 0 Å². The molecular formula is C22H20N4O3S. The number of aromatic nitrogens is 1. The minimum absolute atomic E-state index is 0.00128. The third-order valence-electron chi connectivity index (χ3n) is 5.85. The SMILES string of the molecule is CC12CCC(=O)N1c1ccccc1C(=O)N2CCC(=O)Nc1nc2ccccc2s1. The van der Waals surface area contributed by atoms with Crippen molar-refractivity contribution in [1.29, 1.82) is 0 Å². The summed E-state index contributed by atoms with van der Waals surface area (Å²) in [6.07, 6.45) is 1.05. The highest BCUT2D eigenvalue weighted by Gasteiger charge is 2.52. The van der Waals surface area contributed by atoms with Crippen molar-refractivity contribution in [1.82, 2.24) is 9.88 Å². The first-order valence-electron chi connectivity index (χ1n) is 9.87. The number of benzene rings is 2. The van der Waals surface area contributed by atoms with Crippen LogP contribution >= 0.6 is 11.3 Å². The van der Waals surface area contributed by atoms with Crippen LogP contribution in [0.3, 0.4) is 0 Å². The molecule has 0 radical (unpaired) electrons. The molecule has 2 aliphatic heterocycles. The lowest BCUT2D eigenvalue weighted by molar-refractivity contribution is -0.117. The number of thiazole rings is 1. The maximum atomic E-state index is 13.2. The smallest absolute Gasteiger partial charge is 0.257 e. The van der Waals surface area contributed by atoms with E-state index in [4.69, 9.17) is 0 Å². The number of fused-ring (bicyclic) bond motifs is 4. The first-order valence-corrected chi connectivity index (χ1v) is 10.7. The summed E-state index contributed by atoms with van der Waals surface area (Å²) in [5.74, 6) is -0.353. The van der Waals surface area contributed by atoms with Crippen LogP contribution in [0.1, 0.15) is 36.5 Å². The molecule has 30 heavy (non-hydrogen) atoms. The second-order valence-electron chi connectivity index (χ2n) is 7.71. The van der Waals surface area contributed by atoms with E-state index in [-0.39, 0.29) is 30.7 Å². The van der Waals surface area contributed by atoms with Crippen molar-refractivity contribution in [2.24, 2.45) is 0 Å². The number of anilines is 2. The Morgan fingerprint density at radius 2 is 1.93 bits per heavy atom. The zero-order chi connectivity index (χ0) is 20.9. The Labute approximate surface area is 177 Å². The lowest BCUT2D eigenvalue weighted by Gasteiger charge is -2.48. The molecule has 1 fully saturated rings. The normalized spacial score (nSPS) is 20.4. The van der Waals surface area contributed by atoms with E-state index in [1.165, 1.54) is 11.3 Å². The molecule has 3 amide bonds. The van der Waals surface area contributed by atoms with Crippen molar-refractivity contribution in [3.05, 3.63) is 54.1 Å². The van der Waals surface area contributed by atoms with E-state index in [0.717, 1.165) is 10.2 Å². The van der Waals surface area contributed by atoms with Crippen molar-refractivity contribution in [2.75, 3.05) is 16.8 Å². The van der Waals surface area contributed by atoms with Crippen molar-refractivity contribution >= 4 is 50.1 Å². The van der Waals surface area contributed by atoms with Gasteiger partial charge >= 0.3 is 0 Å². The standard InChI is InChI=1S/C22H20N4O3S/c1-22-12-10-19(28)26(22)16-8-4-2-6-14(16)20(29)25(22)13-11-18(27)24-21-23-15-7-3-5-9-17(15)30-21/h2-9H,10-13H2,1H3,(H,23,24,27). The maximum absolute atomic E-state index is 13.2. The Kier molecular flexibility index (Phi) is 4.32. The van der Waals surface area contributed by atoms with E-state index in [1.54, 1.807) is 21.9 Å². The molecule has 1 aromatic heterocycles. The van der Waals surface area contributed by atoms with Crippen molar-refractivity contribution in [3.63, 3.8) is 0 Å². The Morgan fingerprint density at radius 1 is 1.17 bits per heavy atom. The predicted molar refractivity (Wildman–Crippen MR) is 115 cm³/mol. The van der Waals surface area contributed by atoms with E-state index in [1.807, 2.05) is 43.3 Å². The van der Waals surface area contributed by atoms with Crippen LogP contribution in [0, 0.1) is 0 Å². The number of amides is 3. The second-order valence-corrected chi connectivity index (χ2v) is 8.74. The third kappa shape index (κ3) is 2.87. The number of hydrogen-bond donors (Lipinski definition) is 1. The van der Waals surface area contributed by atoms with Gasteiger partial charge in [0.05, 0.1) is 21.5 Å². The summed E-state index contributed by atoms with van der Waals surface area (Å²) in [7, 11) is 0. The van der Waals surface area contributed by atoms with Gasteiger partial charge in [-0.15, -0.1) is 0 Å². The number of nitrogens with one attached hydrogen (secondary N) is 1. The van der Waals surface area contributed by atoms with Crippen LogP contribution < -0.4 is 10.2 Å². The summed E-state index contributed by atoms with van der Waals surface area (Å²) in [4.78, 5) is 46.2. The summed E-state index contributed by atoms with van der Waals surface area (Å²) >= 11 is 1.42. The highest BCUT2D eigenvalue weighted by molar-refractivity contribution is 7.22. The van der Waals surface area contributed by atoms with Crippen molar-refractivity contribution in [2.45, 2.75) is 31.8 Å². The molecule has 0 spiro atoms. The average Bonchev–Trinajstić information content (AvgIpc) is 3.28. The van der Waals surface area contributed by atoms with Crippen LogP contribution in [0.5, 0.6) is 0 Å². The minimum Gasteiger partial charge on any atom is -0.315 e. The summed E-state index contributed by atoms with van der Waals surface area (Å²) in [6.45, 7) is 2.13. The minimum atomic E-state index is -0.751. The van der Waals surface area contributed by atoms with Gasteiger partial charge in [0, 0.05) is 19.4 Å². The maximum Gasteiger partial charge on any atom is 0.257 e. The molecule has 152 valence electrons. The number of hydrogen-bond acceptors (Lipinski definition) is 5. The topological polar surface area (TPSA) is 82.6 Å². The molecule has 0 saturated carbocycles. The van der Waals surface area contributed by atoms with E-state index in [2.05, 4.69) is 10.3 Å². The molecule has 8 heteroatoms. The van der Waals surface area contributed by atoms with E-state index < -0.39 is 5.66 Å². The van der Waals surface area contributed by atoms with Crippen molar-refractivity contribution in [3.8, 4) is 0 Å². The molecule has 3 heterocycles. The molecule has 2 aliphatic rings. The van der Waals surface area contributed by atoms with E-state index in [0.29, 0.717) is 29.2 Å². The van der Waals surface area contributed by atoms with Crippen LogP contribution in [-0.4, -0.2) is 39.8 Å². The zero-order valence-corrected chi connectivity index (χ0v) is 17.2. The van der Waals surface area contributed by atoms with Gasteiger partial charge in [0.1, 0.15) is 5.66 Å². The average molecular weight is 420 g/mol. The van der Waals surface area contributed by atoms with Crippen LogP contribution in [-0.2, 0) is 9.59 Å². The fourth-order valence-corrected chi connectivity index (χ4v) is 5.24. The first kappa shape index (κ1) is 18.7. The Balaban J connectivity index is 1.35. The monoisotopic (exact) mass is 420 g/mol. The molecule has 3 aromatic rings.